The molecule has 10 aromatic rings. The van der Waals surface area contributed by atoms with E-state index in [1.165, 1.54) is 11.1 Å². The van der Waals surface area contributed by atoms with Crippen LogP contribution in [-0.2, 0) is 12.8 Å². The third kappa shape index (κ3) is 7.77. The van der Waals surface area contributed by atoms with Crippen LogP contribution in [0.2, 0.25) is 10.0 Å². The molecule has 0 unspecified atom stereocenters. The number of ether oxygens (including phenoxy) is 4. The van der Waals surface area contributed by atoms with Crippen molar-refractivity contribution in [2.24, 2.45) is 11.5 Å². The number of halogens is 2. The van der Waals surface area contributed by atoms with Crippen molar-refractivity contribution >= 4 is 67.1 Å². The molecule has 6 heterocycles. The number of hydrogen-bond donors (Lipinski definition) is 2. The van der Waals surface area contributed by atoms with Crippen LogP contribution in [0.15, 0.2) is 134 Å². The van der Waals surface area contributed by atoms with Crippen LogP contribution in [0.1, 0.15) is 24.0 Å². The van der Waals surface area contributed by atoms with Crippen LogP contribution in [0.4, 0.5) is 0 Å². The summed E-state index contributed by atoms with van der Waals surface area (Å²) in [7, 11) is 0. The lowest BCUT2D eigenvalue weighted by Gasteiger charge is -2.11. The molecule has 328 valence electrons. The van der Waals surface area contributed by atoms with Crippen molar-refractivity contribution < 1.29 is 18.9 Å². The first-order chi connectivity index (χ1) is 32.4. The number of benzene rings is 6. The van der Waals surface area contributed by atoms with E-state index in [-0.39, 0.29) is 13.6 Å². The van der Waals surface area contributed by atoms with E-state index in [0.717, 1.165) is 126 Å². The number of nitrogens with zero attached hydrogens (tertiary/aromatic N) is 6. The first-order valence-corrected chi connectivity index (χ1v) is 22.5. The Kier molecular flexibility index (Phi) is 11.1. The molecule has 0 spiro atoms. The van der Waals surface area contributed by atoms with Gasteiger partial charge in [-0.1, -0.05) is 59.6 Å². The fraction of sp³-hybridized carbons (Fsp3) is 0.154. The molecule has 0 saturated heterocycles. The lowest BCUT2D eigenvalue weighted by atomic mass is 10.0. The van der Waals surface area contributed by atoms with Crippen LogP contribution in [0.3, 0.4) is 0 Å². The fourth-order valence-electron chi connectivity index (χ4n) is 8.65. The molecule has 14 heteroatoms. The smallest absolute Gasteiger partial charge is 0.231 e. The Morgan fingerprint density at radius 1 is 0.470 bits per heavy atom. The highest BCUT2D eigenvalue weighted by Crippen LogP contribution is 2.42. The molecule has 0 bridgehead atoms. The molecular formula is C52H42Cl2N8O4. The number of imidazole rings is 2. The average molecular weight is 914 g/mol. The molecule has 0 radical (unpaired) electrons. The van der Waals surface area contributed by atoms with E-state index in [1.807, 2.05) is 61.2 Å². The van der Waals surface area contributed by atoms with Gasteiger partial charge in [-0.3, -0.25) is 19.1 Å². The number of aryl methyl sites for hydroxylation is 2. The zero-order chi connectivity index (χ0) is 44.7. The Morgan fingerprint density at radius 2 is 0.894 bits per heavy atom. The lowest BCUT2D eigenvalue weighted by molar-refractivity contribution is 0.173. The summed E-state index contributed by atoms with van der Waals surface area (Å²) in [6, 6.07) is 36.8. The van der Waals surface area contributed by atoms with Crippen molar-refractivity contribution in [2.45, 2.75) is 25.7 Å². The molecule has 2 aliphatic heterocycles. The maximum absolute atomic E-state index is 6.69. The molecule has 2 aliphatic rings. The van der Waals surface area contributed by atoms with Gasteiger partial charge in [-0.2, -0.15) is 0 Å². The van der Waals surface area contributed by atoms with Gasteiger partial charge in [-0.05, 0) is 134 Å². The second-order valence-corrected chi connectivity index (χ2v) is 17.0. The molecule has 4 aromatic heterocycles. The Balaban J connectivity index is 0.000000146. The van der Waals surface area contributed by atoms with E-state index >= 15 is 0 Å². The predicted octanol–water partition coefficient (Wildman–Crippen LogP) is 11.0. The maximum atomic E-state index is 6.69. The molecule has 0 atom stereocenters. The van der Waals surface area contributed by atoms with Gasteiger partial charge in [0.05, 0.1) is 44.5 Å². The second-order valence-electron chi connectivity index (χ2n) is 16.2. The van der Waals surface area contributed by atoms with E-state index in [0.29, 0.717) is 23.1 Å². The van der Waals surface area contributed by atoms with Crippen LogP contribution >= 0.6 is 23.2 Å². The minimum absolute atomic E-state index is 0.235. The number of nitrogens with two attached hydrogens (primary N) is 2. The van der Waals surface area contributed by atoms with E-state index in [2.05, 4.69) is 89.7 Å². The van der Waals surface area contributed by atoms with Crippen molar-refractivity contribution in [1.29, 1.82) is 0 Å². The van der Waals surface area contributed by atoms with Crippen molar-refractivity contribution in [2.75, 3.05) is 26.7 Å². The highest BCUT2D eigenvalue weighted by atomic mass is 35.5. The van der Waals surface area contributed by atoms with Gasteiger partial charge in [0.2, 0.25) is 13.6 Å². The molecule has 0 amide bonds. The van der Waals surface area contributed by atoms with Gasteiger partial charge in [0.25, 0.3) is 0 Å². The van der Waals surface area contributed by atoms with Gasteiger partial charge >= 0.3 is 0 Å². The summed E-state index contributed by atoms with van der Waals surface area (Å²) in [4.78, 5) is 18.4. The summed E-state index contributed by atoms with van der Waals surface area (Å²) < 4.78 is 26.2. The van der Waals surface area contributed by atoms with Gasteiger partial charge in [-0.25, -0.2) is 9.97 Å². The summed E-state index contributed by atoms with van der Waals surface area (Å²) in [5, 5.41) is 3.22. The third-order valence-electron chi connectivity index (χ3n) is 12.1. The monoisotopic (exact) mass is 912 g/mol. The number of fused-ring (bicyclic) bond motifs is 8. The van der Waals surface area contributed by atoms with E-state index < -0.39 is 0 Å². The molecule has 0 saturated carbocycles. The maximum Gasteiger partial charge on any atom is 0.231 e. The quantitative estimate of drug-likeness (QED) is 0.136. The summed E-state index contributed by atoms with van der Waals surface area (Å²) >= 11 is 13.4. The molecule has 0 aliphatic carbocycles. The molecule has 66 heavy (non-hydrogen) atoms. The Hall–Kier alpha value is -7.22. The Bertz CT molecular complexity index is 3220. The average Bonchev–Trinajstić information content (AvgIpc) is 4.19. The van der Waals surface area contributed by atoms with E-state index in [9.17, 15) is 0 Å². The second kappa shape index (κ2) is 17.6. The van der Waals surface area contributed by atoms with Gasteiger partial charge in [0.1, 0.15) is 23.7 Å². The van der Waals surface area contributed by atoms with Crippen LogP contribution in [0, 0.1) is 0 Å². The molecule has 0 fully saturated rings. The standard InChI is InChI=1S/2C26H21ClN4O2/c2*27-21-12-22-20(11-19(21)17-5-8-24-25(10-17)33-15-32-24)26-23(13-29-22)30-14-31(26)18-6-3-16(4-7-18)2-1-9-28/h2*3-8,10-14H,1-2,9,15,28H2. The van der Waals surface area contributed by atoms with Crippen molar-refractivity contribution in [3.8, 4) is 56.6 Å². The highest BCUT2D eigenvalue weighted by Gasteiger charge is 2.20. The summed E-state index contributed by atoms with van der Waals surface area (Å²) in [5.74, 6) is 2.93. The van der Waals surface area contributed by atoms with Crippen LogP contribution in [0.5, 0.6) is 23.0 Å². The number of pyridine rings is 2. The molecule has 12 nitrogen and oxygen atoms in total. The Labute approximate surface area is 389 Å². The first-order valence-electron chi connectivity index (χ1n) is 21.7. The van der Waals surface area contributed by atoms with Crippen LogP contribution in [0.25, 0.3) is 77.5 Å². The van der Waals surface area contributed by atoms with Gasteiger partial charge in [0, 0.05) is 33.3 Å². The number of rotatable bonds is 10. The minimum Gasteiger partial charge on any atom is -0.454 e. The van der Waals surface area contributed by atoms with Crippen molar-refractivity contribution in [1.82, 2.24) is 29.1 Å². The summed E-state index contributed by atoms with van der Waals surface area (Å²) in [6.45, 7) is 1.86. The van der Waals surface area contributed by atoms with Gasteiger partial charge in [0.15, 0.2) is 23.0 Å². The third-order valence-corrected chi connectivity index (χ3v) is 12.7. The lowest BCUT2D eigenvalue weighted by Crippen LogP contribution is -2.00. The zero-order valence-corrected chi connectivity index (χ0v) is 37.1. The summed E-state index contributed by atoms with van der Waals surface area (Å²) in [6.07, 6.45) is 11.2. The summed E-state index contributed by atoms with van der Waals surface area (Å²) in [5.41, 5.74) is 24.9. The first kappa shape index (κ1) is 41.5. The molecule has 12 rings (SSSR count). The van der Waals surface area contributed by atoms with Crippen LogP contribution in [-0.4, -0.2) is 55.7 Å². The fourth-order valence-corrected chi connectivity index (χ4v) is 9.18. The molecular weight excluding hydrogens is 872 g/mol. The molecule has 4 N–H and O–H groups in total. The van der Waals surface area contributed by atoms with Crippen molar-refractivity contribution in [3.63, 3.8) is 0 Å². The predicted molar refractivity (Wildman–Crippen MR) is 261 cm³/mol. The van der Waals surface area contributed by atoms with Gasteiger partial charge in [-0.15, -0.1) is 0 Å². The topological polar surface area (TPSA) is 150 Å². The molecule has 6 aromatic carbocycles. The Morgan fingerprint density at radius 3 is 1.32 bits per heavy atom. The van der Waals surface area contributed by atoms with Gasteiger partial charge < -0.3 is 30.4 Å². The van der Waals surface area contributed by atoms with E-state index in [1.54, 1.807) is 12.4 Å². The normalized spacial score (nSPS) is 12.7. The number of hydrogen-bond acceptors (Lipinski definition) is 10. The largest absolute Gasteiger partial charge is 0.454 e. The highest BCUT2D eigenvalue weighted by molar-refractivity contribution is 6.35. The SMILES string of the molecule is NCCCc1ccc(-n2cnc3cnc4cc(Cl)c(-c5ccc6c(c5)OCO6)cc4c32)cc1.NCCCc1ccc(-n2cnc3cnc4cc(Cl)c(-c5ccc6c(c5)OCO6)cc4c32)cc1. The zero-order valence-electron chi connectivity index (χ0n) is 35.6. The minimum atomic E-state index is 0.235. The van der Waals surface area contributed by atoms with Crippen molar-refractivity contribution in [3.05, 3.63) is 155 Å². The van der Waals surface area contributed by atoms with Crippen LogP contribution < -0.4 is 30.4 Å². The van der Waals surface area contributed by atoms with E-state index in [4.69, 9.17) is 53.6 Å². The number of aromatic nitrogens is 6.